The van der Waals surface area contributed by atoms with Crippen LogP contribution < -0.4 is 4.74 Å². The summed E-state index contributed by atoms with van der Waals surface area (Å²) in [4.78, 5) is 0. The van der Waals surface area contributed by atoms with Crippen molar-refractivity contribution in [2.24, 2.45) is 0 Å². The second kappa shape index (κ2) is 3.47. The van der Waals surface area contributed by atoms with Gasteiger partial charge in [0.15, 0.2) is 0 Å². The minimum atomic E-state index is -2.91. The molecule has 0 bridgehead atoms. The molecule has 1 nitrogen and oxygen atoms in total. The molecule has 0 unspecified atom stereocenters. The molecule has 0 heterocycles. The molecule has 0 N–H and O–H groups in total. The van der Waals surface area contributed by atoms with Crippen LogP contribution in [0, 0.1) is 12.7 Å². The molecule has 0 aliphatic rings. The fourth-order valence-electron chi connectivity index (χ4n) is 0.750. The van der Waals surface area contributed by atoms with Gasteiger partial charge >= 0.3 is 6.61 Å². The number of halogens is 3. The molecule has 0 saturated heterocycles. The highest BCUT2D eigenvalue weighted by atomic mass is 19.3. The minimum Gasteiger partial charge on any atom is -0.435 e. The van der Waals surface area contributed by atoms with Gasteiger partial charge in [-0.1, -0.05) is 6.07 Å². The first-order chi connectivity index (χ1) is 5.59. The van der Waals surface area contributed by atoms with E-state index in [4.69, 9.17) is 0 Å². The summed E-state index contributed by atoms with van der Waals surface area (Å²) in [6.45, 7) is -1.37. The lowest BCUT2D eigenvalue weighted by atomic mass is 10.2. The smallest absolute Gasteiger partial charge is 0.387 e. The highest BCUT2D eigenvalue weighted by molar-refractivity contribution is 5.27. The van der Waals surface area contributed by atoms with E-state index in [-0.39, 0.29) is 5.75 Å². The lowest BCUT2D eigenvalue weighted by Crippen LogP contribution is -2.02. The Morgan fingerprint density at radius 1 is 1.33 bits per heavy atom. The molecule has 0 aliphatic carbocycles. The summed E-state index contributed by atoms with van der Waals surface area (Å²) in [7, 11) is 0. The zero-order valence-corrected chi connectivity index (χ0v) is 6.35. The van der Waals surface area contributed by atoms with Crippen LogP contribution in [0.4, 0.5) is 13.2 Å². The summed E-state index contributed by atoms with van der Waals surface area (Å²) in [5, 5.41) is 0. The Hall–Kier alpha value is -1.19. The topological polar surface area (TPSA) is 9.23 Å². The van der Waals surface area contributed by atoms with Gasteiger partial charge in [0.05, 0.1) is 0 Å². The Bertz CT molecular complexity index is 273. The number of aryl methyl sites for hydroxylation is 1. The average molecular weight is 176 g/mol. The van der Waals surface area contributed by atoms with E-state index in [9.17, 15) is 13.2 Å². The first-order valence-electron chi connectivity index (χ1n) is 3.30. The van der Waals surface area contributed by atoms with Gasteiger partial charge in [0.25, 0.3) is 0 Å². The number of hydrogen-bond acceptors (Lipinski definition) is 1. The van der Waals surface area contributed by atoms with Crippen LogP contribution in [0.3, 0.4) is 0 Å². The second-order valence-corrected chi connectivity index (χ2v) is 2.29. The molecular weight excluding hydrogens is 169 g/mol. The zero-order valence-electron chi connectivity index (χ0n) is 6.35. The van der Waals surface area contributed by atoms with Crippen LogP contribution in [-0.4, -0.2) is 6.61 Å². The molecule has 4 heteroatoms. The van der Waals surface area contributed by atoms with E-state index in [0.29, 0.717) is 5.56 Å². The summed E-state index contributed by atoms with van der Waals surface area (Å²) < 4.78 is 39.9. The fraction of sp³-hybridized carbons (Fsp3) is 0.250. The lowest BCUT2D eigenvalue weighted by molar-refractivity contribution is -0.0500. The Balaban J connectivity index is 2.82. The fourth-order valence-corrected chi connectivity index (χ4v) is 0.750. The Morgan fingerprint density at radius 3 is 2.50 bits per heavy atom. The number of hydrogen-bond donors (Lipinski definition) is 0. The summed E-state index contributed by atoms with van der Waals surface area (Å²) in [6, 6.07) is 3.61. The van der Waals surface area contributed by atoms with Gasteiger partial charge < -0.3 is 4.74 Å². The molecule has 1 aromatic rings. The molecule has 0 amide bonds. The molecule has 12 heavy (non-hydrogen) atoms. The first kappa shape index (κ1) is 8.90. The van der Waals surface area contributed by atoms with Crippen molar-refractivity contribution in [2.75, 3.05) is 0 Å². The van der Waals surface area contributed by atoms with E-state index >= 15 is 0 Å². The van der Waals surface area contributed by atoms with Gasteiger partial charge in [-0.15, -0.1) is 0 Å². The SMILES string of the molecule is Cc1ccc(OC(F)F)cc1F. The first-order valence-corrected chi connectivity index (χ1v) is 3.30. The maximum Gasteiger partial charge on any atom is 0.387 e. The summed E-state index contributed by atoms with van der Waals surface area (Å²) in [5.41, 5.74) is 0.400. The van der Waals surface area contributed by atoms with Crippen LogP contribution in [0.1, 0.15) is 5.56 Å². The van der Waals surface area contributed by atoms with Crippen molar-refractivity contribution in [3.8, 4) is 5.75 Å². The van der Waals surface area contributed by atoms with Crippen LogP contribution in [0.25, 0.3) is 0 Å². The molecule has 0 spiro atoms. The maximum atomic E-state index is 12.7. The van der Waals surface area contributed by atoms with Gasteiger partial charge in [-0.3, -0.25) is 0 Å². The molecule has 0 aliphatic heterocycles. The standard InChI is InChI=1S/C8H7F3O/c1-5-2-3-6(4-7(5)9)12-8(10)11/h2-4,8H,1H3. The predicted octanol–water partition coefficient (Wildman–Crippen LogP) is 2.74. The van der Waals surface area contributed by atoms with Crippen molar-refractivity contribution in [1.29, 1.82) is 0 Å². The van der Waals surface area contributed by atoms with Gasteiger partial charge in [-0.25, -0.2) is 4.39 Å². The molecule has 0 aromatic heterocycles. The van der Waals surface area contributed by atoms with Gasteiger partial charge in [-0.05, 0) is 18.6 Å². The monoisotopic (exact) mass is 176 g/mol. The summed E-state index contributed by atoms with van der Waals surface area (Å²) >= 11 is 0. The molecule has 1 rings (SSSR count). The largest absolute Gasteiger partial charge is 0.435 e. The number of ether oxygens (including phenoxy) is 1. The average Bonchev–Trinajstić information content (AvgIpc) is 1.96. The quantitative estimate of drug-likeness (QED) is 0.673. The summed E-state index contributed by atoms with van der Waals surface area (Å²) in [6.07, 6.45) is 0. The van der Waals surface area contributed by atoms with Crippen LogP contribution in [0.15, 0.2) is 18.2 Å². The van der Waals surface area contributed by atoms with Gasteiger partial charge in [0.2, 0.25) is 0 Å². The third-order valence-corrected chi connectivity index (χ3v) is 1.37. The molecule has 0 atom stereocenters. The van der Waals surface area contributed by atoms with Crippen LogP contribution >= 0.6 is 0 Å². The zero-order chi connectivity index (χ0) is 9.14. The Morgan fingerprint density at radius 2 is 2.00 bits per heavy atom. The minimum absolute atomic E-state index is 0.159. The van der Waals surface area contributed by atoms with E-state index in [1.165, 1.54) is 12.1 Å². The van der Waals surface area contributed by atoms with Gasteiger partial charge in [0, 0.05) is 6.07 Å². The van der Waals surface area contributed by atoms with E-state index < -0.39 is 12.4 Å². The molecule has 0 saturated carbocycles. The van der Waals surface area contributed by atoms with Crippen molar-refractivity contribution in [3.05, 3.63) is 29.6 Å². The van der Waals surface area contributed by atoms with E-state index in [2.05, 4.69) is 4.74 Å². The number of rotatable bonds is 2. The number of benzene rings is 1. The van der Waals surface area contributed by atoms with Gasteiger partial charge in [-0.2, -0.15) is 8.78 Å². The van der Waals surface area contributed by atoms with Gasteiger partial charge in [0.1, 0.15) is 11.6 Å². The van der Waals surface area contributed by atoms with E-state index in [0.717, 1.165) is 6.07 Å². The van der Waals surface area contributed by atoms with Crippen molar-refractivity contribution in [2.45, 2.75) is 13.5 Å². The van der Waals surface area contributed by atoms with Crippen LogP contribution in [0.5, 0.6) is 5.75 Å². The lowest BCUT2D eigenvalue weighted by Gasteiger charge is -2.04. The third kappa shape index (κ3) is 2.15. The maximum absolute atomic E-state index is 12.7. The van der Waals surface area contributed by atoms with Crippen LogP contribution in [0.2, 0.25) is 0 Å². The van der Waals surface area contributed by atoms with E-state index in [1.807, 2.05) is 0 Å². The second-order valence-electron chi connectivity index (χ2n) is 2.29. The highest BCUT2D eigenvalue weighted by Crippen LogP contribution is 2.17. The third-order valence-electron chi connectivity index (χ3n) is 1.37. The predicted molar refractivity (Wildman–Crippen MR) is 37.8 cm³/mol. The van der Waals surface area contributed by atoms with Crippen molar-refractivity contribution in [3.63, 3.8) is 0 Å². The van der Waals surface area contributed by atoms with Crippen molar-refractivity contribution < 1.29 is 17.9 Å². The van der Waals surface area contributed by atoms with Crippen molar-refractivity contribution in [1.82, 2.24) is 0 Å². The Labute approximate surface area is 67.8 Å². The summed E-state index contributed by atoms with van der Waals surface area (Å²) in [5.74, 6) is -0.707. The number of alkyl halides is 2. The Kier molecular flexibility index (Phi) is 2.58. The van der Waals surface area contributed by atoms with Crippen LogP contribution in [-0.2, 0) is 0 Å². The molecule has 66 valence electrons. The molecule has 0 radical (unpaired) electrons. The normalized spacial score (nSPS) is 10.4. The van der Waals surface area contributed by atoms with Crippen molar-refractivity contribution >= 4 is 0 Å². The van der Waals surface area contributed by atoms with E-state index in [1.54, 1.807) is 6.92 Å². The highest BCUT2D eigenvalue weighted by Gasteiger charge is 2.05. The molecular formula is C8H7F3O. The molecule has 1 aromatic carbocycles. The molecule has 0 fully saturated rings.